The molecule has 1 aromatic rings. The highest BCUT2D eigenvalue weighted by Crippen LogP contribution is 2.16. The predicted octanol–water partition coefficient (Wildman–Crippen LogP) is 1.89. The Hall–Kier alpha value is -0.970. The summed E-state index contributed by atoms with van der Waals surface area (Å²) in [7, 11) is 0. The van der Waals surface area contributed by atoms with Crippen LogP contribution in [-0.2, 0) is 0 Å². The molecule has 4 heteroatoms. The van der Waals surface area contributed by atoms with E-state index < -0.39 is 0 Å². The smallest absolute Gasteiger partial charge is 0.126 e. The van der Waals surface area contributed by atoms with Gasteiger partial charge >= 0.3 is 0 Å². The molecule has 1 aromatic carbocycles. The number of aliphatic hydroxyl groups is 1. The highest BCUT2D eigenvalue weighted by Gasteiger charge is 2.10. The Bertz CT molecular complexity index is 358. The van der Waals surface area contributed by atoms with Crippen molar-refractivity contribution in [2.24, 2.45) is 5.73 Å². The van der Waals surface area contributed by atoms with E-state index in [1.54, 1.807) is 19.1 Å². The summed E-state index contributed by atoms with van der Waals surface area (Å²) < 4.78 is 13.5. The number of aliphatic hydroxyl groups excluding tert-OH is 1. The summed E-state index contributed by atoms with van der Waals surface area (Å²) >= 11 is 0. The molecule has 4 N–H and O–H groups in total. The van der Waals surface area contributed by atoms with E-state index in [2.05, 4.69) is 5.32 Å². The maximum Gasteiger partial charge on any atom is 0.126 e. The lowest BCUT2D eigenvalue weighted by atomic mass is 10.0. The molecule has 0 aromatic heterocycles. The summed E-state index contributed by atoms with van der Waals surface area (Å²) in [6, 6.07) is 5.24. The molecule has 0 spiro atoms. The van der Waals surface area contributed by atoms with Crippen LogP contribution < -0.4 is 11.1 Å². The first-order valence-electron chi connectivity index (χ1n) is 6.49. The number of benzene rings is 1. The number of halogens is 1. The summed E-state index contributed by atoms with van der Waals surface area (Å²) in [5.41, 5.74) is 7.25. The molecule has 1 atom stereocenters. The van der Waals surface area contributed by atoms with Crippen molar-refractivity contribution in [1.29, 1.82) is 0 Å². The molecule has 0 fully saturated rings. The number of nitrogens with one attached hydrogen (secondary N) is 1. The number of hydrogen-bond donors (Lipinski definition) is 3. The monoisotopic (exact) mass is 254 g/mol. The standard InChI is InChI=1S/C14H23FN2O/c1-11-5-6-12(9-13(11)15)14(10-16)17-7-3-2-4-8-18/h5-6,9,14,17-18H,2-4,7-8,10,16H2,1H3. The normalized spacial score (nSPS) is 12.7. The third kappa shape index (κ3) is 4.72. The molecule has 1 unspecified atom stereocenters. The number of hydrogen-bond acceptors (Lipinski definition) is 3. The van der Waals surface area contributed by atoms with Gasteiger partial charge in [-0.2, -0.15) is 0 Å². The second-order valence-corrected chi connectivity index (χ2v) is 4.54. The molecule has 102 valence electrons. The van der Waals surface area contributed by atoms with Crippen LogP contribution in [0.4, 0.5) is 4.39 Å². The average molecular weight is 254 g/mol. The van der Waals surface area contributed by atoms with Crippen molar-refractivity contribution in [1.82, 2.24) is 5.32 Å². The predicted molar refractivity (Wildman–Crippen MR) is 71.9 cm³/mol. The molecule has 0 heterocycles. The lowest BCUT2D eigenvalue weighted by Crippen LogP contribution is -2.29. The van der Waals surface area contributed by atoms with Gasteiger partial charge < -0.3 is 16.2 Å². The van der Waals surface area contributed by atoms with Gasteiger partial charge in [0.1, 0.15) is 5.82 Å². The molecule has 0 saturated carbocycles. The van der Waals surface area contributed by atoms with Crippen molar-refractivity contribution in [3.8, 4) is 0 Å². The summed E-state index contributed by atoms with van der Waals surface area (Å²) in [6.45, 7) is 3.27. The van der Waals surface area contributed by atoms with Gasteiger partial charge in [-0.3, -0.25) is 0 Å². The quantitative estimate of drug-likeness (QED) is 0.621. The third-order valence-electron chi connectivity index (χ3n) is 3.06. The van der Waals surface area contributed by atoms with E-state index in [4.69, 9.17) is 10.8 Å². The summed E-state index contributed by atoms with van der Waals surface area (Å²) in [6.07, 6.45) is 2.81. The van der Waals surface area contributed by atoms with Crippen molar-refractivity contribution in [3.63, 3.8) is 0 Å². The van der Waals surface area contributed by atoms with Crippen LogP contribution in [0, 0.1) is 12.7 Å². The Morgan fingerprint density at radius 3 is 2.72 bits per heavy atom. The van der Waals surface area contributed by atoms with Crippen LogP contribution in [0.15, 0.2) is 18.2 Å². The van der Waals surface area contributed by atoms with Crippen LogP contribution >= 0.6 is 0 Å². The molecular weight excluding hydrogens is 231 g/mol. The largest absolute Gasteiger partial charge is 0.396 e. The number of nitrogens with two attached hydrogens (primary N) is 1. The second kappa shape index (κ2) is 8.19. The molecule has 0 radical (unpaired) electrons. The first-order chi connectivity index (χ1) is 8.69. The summed E-state index contributed by atoms with van der Waals surface area (Å²) in [4.78, 5) is 0. The maximum absolute atomic E-state index is 13.5. The van der Waals surface area contributed by atoms with Gasteiger partial charge in [-0.25, -0.2) is 4.39 Å². The third-order valence-corrected chi connectivity index (χ3v) is 3.06. The highest BCUT2D eigenvalue weighted by atomic mass is 19.1. The lowest BCUT2D eigenvalue weighted by molar-refractivity contribution is 0.282. The first kappa shape index (κ1) is 15.1. The molecule has 0 aliphatic carbocycles. The van der Waals surface area contributed by atoms with Gasteiger partial charge in [0.2, 0.25) is 0 Å². The Kier molecular flexibility index (Phi) is 6.86. The van der Waals surface area contributed by atoms with Crippen molar-refractivity contribution in [2.45, 2.75) is 32.2 Å². The van der Waals surface area contributed by atoms with Gasteiger partial charge in [-0.1, -0.05) is 12.1 Å². The van der Waals surface area contributed by atoms with E-state index in [0.29, 0.717) is 12.1 Å². The molecule has 0 aliphatic rings. The SMILES string of the molecule is Cc1ccc(C(CN)NCCCCCO)cc1F. The van der Waals surface area contributed by atoms with Crippen LogP contribution in [0.1, 0.15) is 36.4 Å². The minimum Gasteiger partial charge on any atom is -0.396 e. The Morgan fingerprint density at radius 1 is 1.33 bits per heavy atom. The molecule has 3 nitrogen and oxygen atoms in total. The molecule has 0 saturated heterocycles. The van der Waals surface area contributed by atoms with E-state index in [9.17, 15) is 4.39 Å². The molecule has 0 bridgehead atoms. The van der Waals surface area contributed by atoms with Crippen LogP contribution in [0.3, 0.4) is 0 Å². The molecule has 18 heavy (non-hydrogen) atoms. The van der Waals surface area contributed by atoms with Crippen LogP contribution in [0.5, 0.6) is 0 Å². The Morgan fingerprint density at radius 2 is 2.11 bits per heavy atom. The van der Waals surface area contributed by atoms with Crippen molar-refractivity contribution < 1.29 is 9.50 Å². The van der Waals surface area contributed by atoms with Gasteiger partial charge in [0.25, 0.3) is 0 Å². The highest BCUT2D eigenvalue weighted by molar-refractivity contribution is 5.26. The van der Waals surface area contributed by atoms with Crippen molar-refractivity contribution in [2.75, 3.05) is 19.7 Å². The van der Waals surface area contributed by atoms with Crippen LogP contribution in [0.25, 0.3) is 0 Å². The zero-order valence-electron chi connectivity index (χ0n) is 11.0. The summed E-state index contributed by atoms with van der Waals surface area (Å²) in [5.74, 6) is -0.187. The number of unbranched alkanes of at least 4 members (excludes halogenated alkanes) is 2. The van der Waals surface area contributed by atoms with Crippen molar-refractivity contribution in [3.05, 3.63) is 35.1 Å². The molecule has 1 rings (SSSR count). The van der Waals surface area contributed by atoms with E-state index >= 15 is 0 Å². The van der Waals surface area contributed by atoms with E-state index in [1.165, 1.54) is 0 Å². The summed E-state index contributed by atoms with van der Waals surface area (Å²) in [5, 5.41) is 12.0. The molecular formula is C14H23FN2O. The minimum absolute atomic E-state index is 0.00535. The molecule has 0 aliphatic heterocycles. The first-order valence-corrected chi connectivity index (χ1v) is 6.49. The minimum atomic E-state index is -0.187. The van der Waals surface area contributed by atoms with Crippen LogP contribution in [-0.4, -0.2) is 24.8 Å². The number of aryl methyl sites for hydroxylation is 1. The fraction of sp³-hybridized carbons (Fsp3) is 0.571. The van der Waals surface area contributed by atoms with Gasteiger partial charge in [0, 0.05) is 19.2 Å². The van der Waals surface area contributed by atoms with Gasteiger partial charge in [-0.15, -0.1) is 0 Å². The topological polar surface area (TPSA) is 58.3 Å². The average Bonchev–Trinajstić information content (AvgIpc) is 2.37. The van der Waals surface area contributed by atoms with Gasteiger partial charge in [-0.05, 0) is 49.9 Å². The maximum atomic E-state index is 13.5. The van der Waals surface area contributed by atoms with Crippen molar-refractivity contribution >= 4 is 0 Å². The second-order valence-electron chi connectivity index (χ2n) is 4.54. The number of rotatable bonds is 8. The van der Waals surface area contributed by atoms with E-state index in [-0.39, 0.29) is 18.5 Å². The fourth-order valence-electron chi connectivity index (χ4n) is 1.85. The molecule has 0 amide bonds. The van der Waals surface area contributed by atoms with Crippen LogP contribution in [0.2, 0.25) is 0 Å². The van der Waals surface area contributed by atoms with Gasteiger partial charge in [0.05, 0.1) is 0 Å². The van der Waals surface area contributed by atoms with Gasteiger partial charge in [0.15, 0.2) is 0 Å². The fourth-order valence-corrected chi connectivity index (χ4v) is 1.85. The lowest BCUT2D eigenvalue weighted by Gasteiger charge is -2.17. The zero-order valence-corrected chi connectivity index (χ0v) is 11.0. The zero-order chi connectivity index (χ0) is 13.4. The van der Waals surface area contributed by atoms with E-state index in [0.717, 1.165) is 31.4 Å². The Balaban J connectivity index is 2.47. The van der Waals surface area contributed by atoms with E-state index in [1.807, 2.05) is 6.07 Å². The Labute approximate surface area is 108 Å².